The highest BCUT2D eigenvalue weighted by molar-refractivity contribution is 8.00. The zero-order valence-electron chi connectivity index (χ0n) is 17.4. The van der Waals surface area contributed by atoms with E-state index in [1.165, 1.54) is 17.8 Å². The molecule has 0 fully saturated rings. The van der Waals surface area contributed by atoms with Crippen molar-refractivity contribution in [3.8, 4) is 11.1 Å². The number of rotatable bonds is 7. The molecule has 0 radical (unpaired) electrons. The maximum Gasteiger partial charge on any atom is 0.257 e. The van der Waals surface area contributed by atoms with Gasteiger partial charge in [-0.3, -0.25) is 9.59 Å². The lowest BCUT2D eigenvalue weighted by Gasteiger charge is -2.09. The molecule has 4 aromatic rings. The number of benzene rings is 4. The first-order valence-electron chi connectivity index (χ1n) is 10.2. The number of carbonyl (C=O) groups is 2. The molecule has 0 aliphatic carbocycles. The van der Waals surface area contributed by atoms with E-state index >= 15 is 0 Å². The van der Waals surface area contributed by atoms with E-state index in [4.69, 9.17) is 23.2 Å². The topological polar surface area (TPSA) is 46.2 Å². The molecule has 0 heterocycles. The molecule has 0 saturated carbocycles. The summed E-state index contributed by atoms with van der Waals surface area (Å²) in [5.74, 6) is 0.0147. The van der Waals surface area contributed by atoms with Crippen LogP contribution in [0.25, 0.3) is 11.1 Å². The van der Waals surface area contributed by atoms with Gasteiger partial charge in [0.05, 0.1) is 16.3 Å². The number of ketones is 1. The number of thioether (sulfide) groups is 1. The molecule has 0 spiro atoms. The van der Waals surface area contributed by atoms with Gasteiger partial charge in [0.1, 0.15) is 0 Å². The van der Waals surface area contributed by atoms with Gasteiger partial charge in [-0.15, -0.1) is 11.8 Å². The van der Waals surface area contributed by atoms with Gasteiger partial charge < -0.3 is 5.32 Å². The average molecular weight is 492 g/mol. The van der Waals surface area contributed by atoms with Gasteiger partial charge in [0.2, 0.25) is 0 Å². The summed E-state index contributed by atoms with van der Waals surface area (Å²) in [5, 5.41) is 3.59. The Balaban J connectivity index is 1.37. The minimum Gasteiger partial charge on any atom is -0.322 e. The summed E-state index contributed by atoms with van der Waals surface area (Å²) in [7, 11) is 0. The molecule has 1 N–H and O–H groups in total. The Hall–Kier alpha value is -3.05. The van der Waals surface area contributed by atoms with Crippen LogP contribution in [-0.2, 0) is 0 Å². The molecular formula is C27H19Cl2NO2S. The normalized spacial score (nSPS) is 10.6. The van der Waals surface area contributed by atoms with E-state index in [9.17, 15) is 9.59 Å². The maximum absolute atomic E-state index is 12.7. The number of halogens is 2. The highest BCUT2D eigenvalue weighted by atomic mass is 35.5. The first-order chi connectivity index (χ1) is 16.0. The minimum atomic E-state index is -0.326. The zero-order valence-corrected chi connectivity index (χ0v) is 19.8. The number of carbonyl (C=O) groups excluding carboxylic acids is 2. The van der Waals surface area contributed by atoms with Crippen LogP contribution in [0.4, 0.5) is 5.69 Å². The van der Waals surface area contributed by atoms with E-state index in [0.29, 0.717) is 27.6 Å². The van der Waals surface area contributed by atoms with Crippen LogP contribution in [-0.4, -0.2) is 17.4 Å². The van der Waals surface area contributed by atoms with Crippen molar-refractivity contribution in [2.75, 3.05) is 11.1 Å². The number of anilines is 1. The molecule has 0 aliphatic heterocycles. The Morgan fingerprint density at radius 2 is 1.48 bits per heavy atom. The Morgan fingerprint density at radius 1 is 0.758 bits per heavy atom. The second-order valence-corrected chi connectivity index (χ2v) is 9.15. The summed E-state index contributed by atoms with van der Waals surface area (Å²) in [4.78, 5) is 26.1. The van der Waals surface area contributed by atoms with Crippen LogP contribution in [0.3, 0.4) is 0 Å². The van der Waals surface area contributed by atoms with Crippen molar-refractivity contribution in [2.45, 2.75) is 4.90 Å². The van der Waals surface area contributed by atoms with Gasteiger partial charge in [0.25, 0.3) is 5.91 Å². The fraction of sp³-hybridized carbons (Fsp3) is 0.0370. The molecule has 0 saturated heterocycles. The van der Waals surface area contributed by atoms with Gasteiger partial charge in [0.15, 0.2) is 5.78 Å². The number of Topliss-reactive ketones (excluding diaryl/α,β-unsaturated/α-hetero) is 1. The van der Waals surface area contributed by atoms with Crippen LogP contribution in [0.2, 0.25) is 10.0 Å². The third-order valence-corrected chi connectivity index (χ3v) is 6.49. The van der Waals surface area contributed by atoms with Gasteiger partial charge in [-0.25, -0.2) is 0 Å². The van der Waals surface area contributed by atoms with Crippen LogP contribution < -0.4 is 5.32 Å². The molecule has 164 valence electrons. The molecule has 0 bridgehead atoms. The predicted molar refractivity (Wildman–Crippen MR) is 138 cm³/mol. The van der Waals surface area contributed by atoms with Crippen LogP contribution >= 0.6 is 35.0 Å². The summed E-state index contributed by atoms with van der Waals surface area (Å²) < 4.78 is 0. The minimum absolute atomic E-state index is 0.0435. The molecule has 4 rings (SSSR count). The number of hydrogen-bond acceptors (Lipinski definition) is 3. The molecule has 0 atom stereocenters. The van der Waals surface area contributed by atoms with Crippen molar-refractivity contribution in [1.29, 1.82) is 0 Å². The predicted octanol–water partition coefficient (Wildman–Crippen LogP) is 7.89. The molecule has 1 amide bonds. The summed E-state index contributed by atoms with van der Waals surface area (Å²) in [6.07, 6.45) is 0. The fourth-order valence-corrected chi connectivity index (χ4v) is 4.59. The van der Waals surface area contributed by atoms with Crippen molar-refractivity contribution in [3.63, 3.8) is 0 Å². The van der Waals surface area contributed by atoms with E-state index in [-0.39, 0.29) is 16.7 Å². The standard InChI is InChI=1S/C27H19Cl2NO2S/c28-21-13-14-24(25(29)15-21)27(32)30-22-7-4-8-23(16-22)33-17-26(31)20-11-9-19(10-12-20)18-5-2-1-3-6-18/h1-16H,17H2,(H,30,32). The number of amides is 1. The highest BCUT2D eigenvalue weighted by Gasteiger charge is 2.12. The SMILES string of the molecule is O=C(CSc1cccc(NC(=O)c2ccc(Cl)cc2Cl)c1)c1ccc(-c2ccccc2)cc1. The van der Waals surface area contributed by atoms with Gasteiger partial charge in [-0.05, 0) is 47.5 Å². The van der Waals surface area contributed by atoms with Crippen molar-refractivity contribution < 1.29 is 9.59 Å². The molecule has 0 aromatic heterocycles. The number of nitrogens with one attached hydrogen (secondary N) is 1. The zero-order chi connectivity index (χ0) is 23.2. The Kier molecular flexibility index (Phi) is 7.50. The Morgan fingerprint density at radius 3 is 2.21 bits per heavy atom. The summed E-state index contributed by atoms with van der Waals surface area (Å²) >= 11 is 13.4. The van der Waals surface area contributed by atoms with Crippen molar-refractivity contribution in [1.82, 2.24) is 0 Å². The molecule has 0 unspecified atom stereocenters. The second-order valence-electron chi connectivity index (χ2n) is 7.26. The molecule has 0 aliphatic rings. The van der Waals surface area contributed by atoms with Gasteiger partial charge in [0, 0.05) is 21.2 Å². The Labute approximate surface area is 206 Å². The van der Waals surface area contributed by atoms with E-state index in [0.717, 1.165) is 16.0 Å². The lowest BCUT2D eigenvalue weighted by atomic mass is 10.0. The van der Waals surface area contributed by atoms with E-state index in [2.05, 4.69) is 5.32 Å². The third-order valence-electron chi connectivity index (χ3n) is 4.95. The quantitative estimate of drug-likeness (QED) is 0.211. The lowest BCUT2D eigenvalue weighted by Crippen LogP contribution is -2.12. The molecule has 6 heteroatoms. The summed E-state index contributed by atoms with van der Waals surface area (Å²) in [6.45, 7) is 0. The van der Waals surface area contributed by atoms with Gasteiger partial charge in [-0.1, -0.05) is 83.9 Å². The van der Waals surface area contributed by atoms with E-state index in [1.807, 2.05) is 72.8 Å². The van der Waals surface area contributed by atoms with Gasteiger partial charge >= 0.3 is 0 Å². The first kappa shape index (κ1) is 23.1. The molecule has 3 nitrogen and oxygen atoms in total. The Bertz CT molecular complexity index is 1290. The second kappa shape index (κ2) is 10.7. The third kappa shape index (κ3) is 6.05. The van der Waals surface area contributed by atoms with Crippen LogP contribution in [0.15, 0.2) is 102 Å². The van der Waals surface area contributed by atoms with Crippen molar-refractivity contribution in [2.24, 2.45) is 0 Å². The number of hydrogen-bond donors (Lipinski definition) is 1. The monoisotopic (exact) mass is 491 g/mol. The van der Waals surface area contributed by atoms with E-state index in [1.54, 1.807) is 18.2 Å². The largest absolute Gasteiger partial charge is 0.322 e. The lowest BCUT2D eigenvalue weighted by molar-refractivity contribution is 0.101. The van der Waals surface area contributed by atoms with Crippen molar-refractivity contribution in [3.05, 3.63) is 118 Å². The molecule has 4 aromatic carbocycles. The van der Waals surface area contributed by atoms with Crippen LogP contribution in [0, 0.1) is 0 Å². The smallest absolute Gasteiger partial charge is 0.257 e. The fourth-order valence-electron chi connectivity index (χ4n) is 3.25. The van der Waals surface area contributed by atoms with Crippen molar-refractivity contribution >= 4 is 52.3 Å². The van der Waals surface area contributed by atoms with Crippen LogP contribution in [0.1, 0.15) is 20.7 Å². The van der Waals surface area contributed by atoms with Crippen LogP contribution in [0.5, 0.6) is 0 Å². The molecular weight excluding hydrogens is 473 g/mol. The summed E-state index contributed by atoms with van der Waals surface area (Å²) in [6, 6.07) is 29.8. The first-order valence-corrected chi connectivity index (χ1v) is 11.9. The highest BCUT2D eigenvalue weighted by Crippen LogP contribution is 2.26. The van der Waals surface area contributed by atoms with E-state index < -0.39 is 0 Å². The average Bonchev–Trinajstić information content (AvgIpc) is 2.83. The van der Waals surface area contributed by atoms with Gasteiger partial charge in [-0.2, -0.15) is 0 Å². The summed E-state index contributed by atoms with van der Waals surface area (Å²) in [5.41, 5.74) is 3.82. The maximum atomic E-state index is 12.7. The molecule has 33 heavy (non-hydrogen) atoms.